The van der Waals surface area contributed by atoms with E-state index in [9.17, 15) is 9.90 Å². The standard InChI is InChI=1S/C17H18N2O2/c1-12-6-7-16(20)14(10-12)17(21)19-9-8-18-11-13-4-2-3-5-15(13)19/h2-7,10,18,20H,8-9,11H2,1H3. The Balaban J connectivity index is 2.03. The lowest BCUT2D eigenvalue weighted by Crippen LogP contribution is -2.34. The van der Waals surface area contributed by atoms with Crippen LogP contribution < -0.4 is 10.2 Å². The van der Waals surface area contributed by atoms with Gasteiger partial charge in [-0.15, -0.1) is 0 Å². The number of nitrogens with one attached hydrogen (secondary N) is 1. The summed E-state index contributed by atoms with van der Waals surface area (Å²) in [6.07, 6.45) is 0. The van der Waals surface area contributed by atoms with Gasteiger partial charge in [0, 0.05) is 25.3 Å². The molecule has 1 amide bonds. The average Bonchev–Trinajstić information content (AvgIpc) is 2.71. The van der Waals surface area contributed by atoms with Crippen LogP contribution in [-0.4, -0.2) is 24.1 Å². The average molecular weight is 282 g/mol. The van der Waals surface area contributed by atoms with Gasteiger partial charge in [0.05, 0.1) is 5.56 Å². The Morgan fingerprint density at radius 1 is 1.24 bits per heavy atom. The number of aryl methyl sites for hydroxylation is 1. The molecule has 0 spiro atoms. The summed E-state index contributed by atoms with van der Waals surface area (Å²) in [4.78, 5) is 14.6. The van der Waals surface area contributed by atoms with Gasteiger partial charge in [0.1, 0.15) is 5.75 Å². The van der Waals surface area contributed by atoms with E-state index in [0.29, 0.717) is 12.1 Å². The van der Waals surface area contributed by atoms with Gasteiger partial charge in [0.15, 0.2) is 0 Å². The van der Waals surface area contributed by atoms with Gasteiger partial charge in [-0.2, -0.15) is 0 Å². The highest BCUT2D eigenvalue weighted by atomic mass is 16.3. The Morgan fingerprint density at radius 2 is 2.05 bits per heavy atom. The van der Waals surface area contributed by atoms with Crippen molar-refractivity contribution in [1.29, 1.82) is 0 Å². The van der Waals surface area contributed by atoms with Gasteiger partial charge in [0.2, 0.25) is 0 Å². The second kappa shape index (κ2) is 5.58. The summed E-state index contributed by atoms with van der Waals surface area (Å²) in [5.41, 5.74) is 3.31. The molecule has 2 aromatic carbocycles. The molecule has 4 nitrogen and oxygen atoms in total. The van der Waals surface area contributed by atoms with Crippen LogP contribution in [-0.2, 0) is 6.54 Å². The highest BCUT2D eigenvalue weighted by Gasteiger charge is 2.23. The second-order valence-electron chi connectivity index (χ2n) is 5.28. The van der Waals surface area contributed by atoms with Gasteiger partial charge in [-0.25, -0.2) is 0 Å². The number of phenols is 1. The van der Waals surface area contributed by atoms with Gasteiger partial charge < -0.3 is 15.3 Å². The Bertz CT molecular complexity index is 682. The predicted octanol–water partition coefficient (Wildman–Crippen LogP) is 2.45. The van der Waals surface area contributed by atoms with Crippen molar-refractivity contribution in [2.24, 2.45) is 0 Å². The Morgan fingerprint density at radius 3 is 2.90 bits per heavy atom. The minimum atomic E-state index is -0.160. The maximum absolute atomic E-state index is 12.8. The molecular formula is C17H18N2O2. The topological polar surface area (TPSA) is 52.6 Å². The molecule has 108 valence electrons. The molecule has 1 aliphatic heterocycles. The fourth-order valence-corrected chi connectivity index (χ4v) is 2.64. The van der Waals surface area contributed by atoms with Crippen molar-refractivity contribution < 1.29 is 9.90 Å². The molecule has 2 aromatic rings. The summed E-state index contributed by atoms with van der Waals surface area (Å²) < 4.78 is 0. The summed E-state index contributed by atoms with van der Waals surface area (Å²) in [5, 5.41) is 13.3. The smallest absolute Gasteiger partial charge is 0.262 e. The van der Waals surface area contributed by atoms with Crippen molar-refractivity contribution in [3.63, 3.8) is 0 Å². The highest BCUT2D eigenvalue weighted by molar-refractivity contribution is 6.08. The normalized spacial score (nSPS) is 14.4. The van der Waals surface area contributed by atoms with E-state index in [4.69, 9.17) is 0 Å². The molecule has 3 rings (SSSR count). The highest BCUT2D eigenvalue weighted by Crippen LogP contribution is 2.27. The lowest BCUT2D eigenvalue weighted by Gasteiger charge is -2.23. The second-order valence-corrected chi connectivity index (χ2v) is 5.28. The molecule has 0 unspecified atom stereocenters. The lowest BCUT2D eigenvalue weighted by atomic mass is 10.1. The Hall–Kier alpha value is -2.33. The molecule has 1 aliphatic rings. The number of hydrogen-bond acceptors (Lipinski definition) is 3. The number of fused-ring (bicyclic) bond motifs is 1. The molecule has 4 heteroatoms. The molecule has 0 bridgehead atoms. The van der Waals surface area contributed by atoms with E-state index < -0.39 is 0 Å². The molecule has 2 N–H and O–H groups in total. The number of anilines is 1. The number of hydrogen-bond donors (Lipinski definition) is 2. The maximum Gasteiger partial charge on any atom is 0.262 e. The van der Waals surface area contributed by atoms with Crippen molar-refractivity contribution in [1.82, 2.24) is 5.32 Å². The fourth-order valence-electron chi connectivity index (χ4n) is 2.64. The van der Waals surface area contributed by atoms with Crippen LogP contribution in [0.5, 0.6) is 5.75 Å². The van der Waals surface area contributed by atoms with Gasteiger partial charge in [0.25, 0.3) is 5.91 Å². The fraction of sp³-hybridized carbons (Fsp3) is 0.235. The van der Waals surface area contributed by atoms with Crippen molar-refractivity contribution in [2.45, 2.75) is 13.5 Å². The molecule has 0 saturated heterocycles. The van der Waals surface area contributed by atoms with Crippen LogP contribution in [0.4, 0.5) is 5.69 Å². The van der Waals surface area contributed by atoms with Crippen LogP contribution in [0.2, 0.25) is 0 Å². The zero-order chi connectivity index (χ0) is 14.8. The first-order chi connectivity index (χ1) is 10.2. The van der Waals surface area contributed by atoms with E-state index in [0.717, 1.165) is 29.9 Å². The largest absolute Gasteiger partial charge is 0.507 e. The third kappa shape index (κ3) is 2.62. The van der Waals surface area contributed by atoms with E-state index in [-0.39, 0.29) is 11.7 Å². The molecule has 0 atom stereocenters. The van der Waals surface area contributed by atoms with Gasteiger partial charge in [-0.1, -0.05) is 29.8 Å². The molecule has 0 aliphatic carbocycles. The van der Waals surface area contributed by atoms with Crippen LogP contribution in [0.3, 0.4) is 0 Å². The van der Waals surface area contributed by atoms with Crippen molar-refractivity contribution in [2.75, 3.05) is 18.0 Å². The van der Waals surface area contributed by atoms with E-state index in [1.807, 2.05) is 31.2 Å². The number of aromatic hydroxyl groups is 1. The number of nitrogens with zero attached hydrogens (tertiary/aromatic N) is 1. The minimum absolute atomic E-state index is 0.0280. The zero-order valence-electron chi connectivity index (χ0n) is 12.0. The first-order valence-electron chi connectivity index (χ1n) is 7.07. The number of amides is 1. The van der Waals surface area contributed by atoms with Crippen LogP contribution in [0.25, 0.3) is 0 Å². The number of benzene rings is 2. The minimum Gasteiger partial charge on any atom is -0.507 e. The van der Waals surface area contributed by atoms with Crippen LogP contribution in [0.1, 0.15) is 21.5 Å². The van der Waals surface area contributed by atoms with E-state index in [1.54, 1.807) is 23.1 Å². The molecule has 0 radical (unpaired) electrons. The maximum atomic E-state index is 12.8. The number of carbonyl (C=O) groups excluding carboxylic acids is 1. The first-order valence-corrected chi connectivity index (χ1v) is 7.07. The molecule has 0 fully saturated rings. The van der Waals surface area contributed by atoms with Crippen LogP contribution >= 0.6 is 0 Å². The molecule has 0 saturated carbocycles. The van der Waals surface area contributed by atoms with E-state index in [1.165, 1.54) is 0 Å². The van der Waals surface area contributed by atoms with Gasteiger partial charge >= 0.3 is 0 Å². The number of phenolic OH excluding ortho intramolecular Hbond substituents is 1. The van der Waals surface area contributed by atoms with Crippen molar-refractivity contribution in [3.8, 4) is 5.75 Å². The van der Waals surface area contributed by atoms with E-state index >= 15 is 0 Å². The third-order valence-corrected chi connectivity index (χ3v) is 3.74. The van der Waals surface area contributed by atoms with Crippen molar-refractivity contribution >= 4 is 11.6 Å². The van der Waals surface area contributed by atoms with E-state index in [2.05, 4.69) is 5.32 Å². The Kier molecular flexibility index (Phi) is 3.62. The summed E-state index contributed by atoms with van der Waals surface area (Å²) >= 11 is 0. The number of carbonyl (C=O) groups is 1. The molecular weight excluding hydrogens is 264 g/mol. The third-order valence-electron chi connectivity index (χ3n) is 3.74. The molecule has 1 heterocycles. The van der Waals surface area contributed by atoms with Crippen LogP contribution in [0.15, 0.2) is 42.5 Å². The van der Waals surface area contributed by atoms with Gasteiger partial charge in [-0.05, 0) is 30.7 Å². The summed E-state index contributed by atoms with van der Waals surface area (Å²) in [5.74, 6) is -0.132. The summed E-state index contributed by atoms with van der Waals surface area (Å²) in [6, 6.07) is 13.0. The predicted molar refractivity (Wildman–Crippen MR) is 82.7 cm³/mol. The summed E-state index contributed by atoms with van der Waals surface area (Å²) in [7, 11) is 0. The monoisotopic (exact) mass is 282 g/mol. The van der Waals surface area contributed by atoms with Gasteiger partial charge in [-0.3, -0.25) is 4.79 Å². The Labute approximate surface area is 124 Å². The summed E-state index contributed by atoms with van der Waals surface area (Å²) in [6.45, 7) is 3.98. The zero-order valence-corrected chi connectivity index (χ0v) is 12.0. The SMILES string of the molecule is Cc1ccc(O)c(C(=O)N2CCNCc3ccccc32)c1. The molecule has 21 heavy (non-hydrogen) atoms. The number of para-hydroxylation sites is 1. The number of rotatable bonds is 1. The van der Waals surface area contributed by atoms with Crippen LogP contribution in [0, 0.1) is 6.92 Å². The lowest BCUT2D eigenvalue weighted by molar-refractivity contribution is 0.0985. The molecule has 0 aromatic heterocycles. The quantitative estimate of drug-likeness (QED) is 0.844. The first kappa shape index (κ1) is 13.6. The van der Waals surface area contributed by atoms with Crippen molar-refractivity contribution in [3.05, 3.63) is 59.2 Å².